The molecule has 0 spiro atoms. The average molecular weight is 305 g/mol. The van der Waals surface area contributed by atoms with Crippen LogP contribution < -0.4 is 0 Å². The third-order valence-corrected chi connectivity index (χ3v) is 3.43. The van der Waals surface area contributed by atoms with Gasteiger partial charge in [0, 0.05) is 10.6 Å². The average Bonchev–Trinajstić information content (AvgIpc) is 2.89. The maximum Gasteiger partial charge on any atom is 0.249 e. The molecule has 0 N–H and O–H groups in total. The molecule has 3 rings (SSSR count). The van der Waals surface area contributed by atoms with Gasteiger partial charge < -0.3 is 4.42 Å². The van der Waals surface area contributed by atoms with Crippen molar-refractivity contribution in [3.05, 3.63) is 58.1 Å². The molecule has 0 unspecified atom stereocenters. The van der Waals surface area contributed by atoms with Gasteiger partial charge in [0.2, 0.25) is 11.8 Å². The normalized spacial score (nSPS) is 10.8. The molecule has 5 heteroatoms. The Morgan fingerprint density at radius 3 is 2.30 bits per heavy atom. The van der Waals surface area contributed by atoms with Gasteiger partial charge in [-0.3, -0.25) is 0 Å². The van der Waals surface area contributed by atoms with Crippen LogP contribution in [-0.4, -0.2) is 10.2 Å². The lowest BCUT2D eigenvalue weighted by Gasteiger charge is -1.99. The van der Waals surface area contributed by atoms with E-state index in [9.17, 15) is 0 Å². The second-order valence-corrected chi connectivity index (χ2v) is 5.25. The predicted octanol–water partition coefficient (Wildman–Crippen LogP) is 5.02. The van der Waals surface area contributed by atoms with E-state index in [1.807, 2.05) is 31.2 Å². The van der Waals surface area contributed by atoms with Crippen LogP contribution in [0, 0.1) is 6.92 Å². The molecule has 0 bridgehead atoms. The minimum absolute atomic E-state index is 0.377. The number of hydrogen-bond acceptors (Lipinski definition) is 3. The van der Waals surface area contributed by atoms with Crippen molar-refractivity contribution < 1.29 is 4.42 Å². The van der Waals surface area contributed by atoms with Crippen LogP contribution in [0.3, 0.4) is 0 Å². The van der Waals surface area contributed by atoms with Crippen molar-refractivity contribution in [2.75, 3.05) is 0 Å². The first kappa shape index (κ1) is 13.2. The standard InChI is InChI=1S/C15H10Cl2N2O/c1-9-2-4-10(5-3-9)14-18-19-15(20-14)12-7-6-11(16)8-13(12)17/h2-8H,1H3. The zero-order valence-electron chi connectivity index (χ0n) is 10.6. The third kappa shape index (κ3) is 2.55. The molecule has 20 heavy (non-hydrogen) atoms. The Hall–Kier alpha value is -1.84. The monoisotopic (exact) mass is 304 g/mol. The molecule has 1 aromatic heterocycles. The maximum atomic E-state index is 6.13. The van der Waals surface area contributed by atoms with Crippen molar-refractivity contribution in [2.24, 2.45) is 0 Å². The second-order valence-electron chi connectivity index (χ2n) is 4.40. The van der Waals surface area contributed by atoms with E-state index in [4.69, 9.17) is 27.6 Å². The molecule has 1 heterocycles. The van der Waals surface area contributed by atoms with Crippen LogP contribution in [-0.2, 0) is 0 Å². The number of aryl methyl sites for hydroxylation is 1. The minimum Gasteiger partial charge on any atom is -0.416 e. The van der Waals surface area contributed by atoms with E-state index in [1.54, 1.807) is 18.2 Å². The molecular formula is C15H10Cl2N2O. The van der Waals surface area contributed by atoms with E-state index >= 15 is 0 Å². The Morgan fingerprint density at radius 2 is 1.60 bits per heavy atom. The number of nitrogens with zero attached hydrogens (tertiary/aromatic N) is 2. The summed E-state index contributed by atoms with van der Waals surface area (Å²) in [7, 11) is 0. The number of hydrogen-bond donors (Lipinski definition) is 0. The summed E-state index contributed by atoms with van der Waals surface area (Å²) in [4.78, 5) is 0. The molecule has 2 aromatic carbocycles. The van der Waals surface area contributed by atoms with Gasteiger partial charge in [-0.1, -0.05) is 40.9 Å². The van der Waals surface area contributed by atoms with E-state index in [2.05, 4.69) is 10.2 Å². The van der Waals surface area contributed by atoms with Crippen LogP contribution in [0.15, 0.2) is 46.9 Å². The first-order valence-electron chi connectivity index (χ1n) is 5.99. The predicted molar refractivity (Wildman–Crippen MR) is 79.9 cm³/mol. The lowest BCUT2D eigenvalue weighted by atomic mass is 10.1. The molecule has 0 fully saturated rings. The first-order chi connectivity index (χ1) is 9.63. The van der Waals surface area contributed by atoms with Crippen LogP contribution >= 0.6 is 23.2 Å². The fraction of sp³-hybridized carbons (Fsp3) is 0.0667. The van der Waals surface area contributed by atoms with Gasteiger partial charge in [-0.05, 0) is 37.3 Å². The molecule has 0 aliphatic rings. The van der Waals surface area contributed by atoms with Crippen molar-refractivity contribution >= 4 is 23.2 Å². The van der Waals surface area contributed by atoms with Gasteiger partial charge in [0.25, 0.3) is 0 Å². The van der Waals surface area contributed by atoms with E-state index in [0.717, 1.165) is 5.56 Å². The van der Waals surface area contributed by atoms with Gasteiger partial charge in [-0.25, -0.2) is 0 Å². The summed E-state index contributed by atoms with van der Waals surface area (Å²) in [5, 5.41) is 9.13. The van der Waals surface area contributed by atoms with Crippen molar-refractivity contribution in [1.29, 1.82) is 0 Å². The molecule has 100 valence electrons. The molecule has 0 saturated carbocycles. The zero-order chi connectivity index (χ0) is 14.1. The fourth-order valence-electron chi connectivity index (χ4n) is 1.81. The van der Waals surface area contributed by atoms with Crippen molar-refractivity contribution in [3.8, 4) is 22.9 Å². The van der Waals surface area contributed by atoms with Crippen molar-refractivity contribution in [1.82, 2.24) is 10.2 Å². The lowest BCUT2D eigenvalue weighted by Crippen LogP contribution is -1.79. The quantitative estimate of drug-likeness (QED) is 0.667. The van der Waals surface area contributed by atoms with Gasteiger partial charge in [0.05, 0.1) is 10.6 Å². The molecule has 0 atom stereocenters. The highest BCUT2D eigenvalue weighted by molar-refractivity contribution is 6.36. The summed E-state index contributed by atoms with van der Waals surface area (Å²) in [6.07, 6.45) is 0. The van der Waals surface area contributed by atoms with Gasteiger partial charge in [0.1, 0.15) is 0 Å². The maximum absolute atomic E-state index is 6.13. The Balaban J connectivity index is 1.99. The summed E-state index contributed by atoms with van der Waals surface area (Å²) in [5.74, 6) is 0.841. The van der Waals surface area contributed by atoms with Crippen LogP contribution in [0.1, 0.15) is 5.56 Å². The fourth-order valence-corrected chi connectivity index (χ4v) is 2.30. The van der Waals surface area contributed by atoms with Gasteiger partial charge in [-0.15, -0.1) is 10.2 Å². The smallest absolute Gasteiger partial charge is 0.249 e. The summed E-state index contributed by atoms with van der Waals surface area (Å²) in [5.41, 5.74) is 2.72. The Kier molecular flexibility index (Phi) is 3.47. The second kappa shape index (κ2) is 5.27. The van der Waals surface area contributed by atoms with E-state index < -0.39 is 0 Å². The first-order valence-corrected chi connectivity index (χ1v) is 6.75. The molecule has 0 saturated heterocycles. The van der Waals surface area contributed by atoms with Gasteiger partial charge >= 0.3 is 0 Å². The molecule has 0 aliphatic carbocycles. The van der Waals surface area contributed by atoms with Gasteiger partial charge in [-0.2, -0.15) is 0 Å². The number of halogens is 2. The highest BCUT2D eigenvalue weighted by Crippen LogP contribution is 2.31. The van der Waals surface area contributed by atoms with E-state index in [-0.39, 0.29) is 0 Å². The molecular weight excluding hydrogens is 295 g/mol. The Labute approximate surface area is 126 Å². The third-order valence-electron chi connectivity index (χ3n) is 2.89. The largest absolute Gasteiger partial charge is 0.416 e. The highest BCUT2D eigenvalue weighted by atomic mass is 35.5. The van der Waals surface area contributed by atoms with Crippen molar-refractivity contribution in [3.63, 3.8) is 0 Å². The lowest BCUT2D eigenvalue weighted by molar-refractivity contribution is 0.584. The van der Waals surface area contributed by atoms with E-state index in [0.29, 0.717) is 27.4 Å². The van der Waals surface area contributed by atoms with E-state index in [1.165, 1.54) is 5.56 Å². The highest BCUT2D eigenvalue weighted by Gasteiger charge is 2.13. The zero-order valence-corrected chi connectivity index (χ0v) is 12.1. The topological polar surface area (TPSA) is 38.9 Å². The molecule has 0 aliphatic heterocycles. The number of aromatic nitrogens is 2. The van der Waals surface area contributed by atoms with Crippen LogP contribution in [0.25, 0.3) is 22.9 Å². The molecule has 3 aromatic rings. The summed E-state index contributed by atoms with van der Waals surface area (Å²) in [6, 6.07) is 13.0. The molecule has 0 radical (unpaired) electrons. The minimum atomic E-state index is 0.377. The van der Waals surface area contributed by atoms with Crippen LogP contribution in [0.2, 0.25) is 10.0 Å². The molecule has 0 amide bonds. The SMILES string of the molecule is Cc1ccc(-c2nnc(-c3ccc(Cl)cc3Cl)o2)cc1. The number of benzene rings is 2. The Morgan fingerprint density at radius 1 is 0.900 bits per heavy atom. The summed E-state index contributed by atoms with van der Waals surface area (Å²) in [6.45, 7) is 2.02. The van der Waals surface area contributed by atoms with Gasteiger partial charge in [0.15, 0.2) is 0 Å². The van der Waals surface area contributed by atoms with Crippen LogP contribution in [0.5, 0.6) is 0 Å². The summed E-state index contributed by atoms with van der Waals surface area (Å²) >= 11 is 12.0. The van der Waals surface area contributed by atoms with Crippen LogP contribution in [0.4, 0.5) is 0 Å². The Bertz CT molecular complexity index is 751. The summed E-state index contributed by atoms with van der Waals surface area (Å²) < 4.78 is 5.67. The molecule has 3 nitrogen and oxygen atoms in total. The van der Waals surface area contributed by atoms with Crippen molar-refractivity contribution in [2.45, 2.75) is 6.92 Å². The number of rotatable bonds is 2.